The van der Waals surface area contributed by atoms with E-state index in [1.807, 2.05) is 0 Å². The van der Waals surface area contributed by atoms with Gasteiger partial charge in [0.1, 0.15) is 11.6 Å². The molecule has 2 N–H and O–H groups in total. The summed E-state index contributed by atoms with van der Waals surface area (Å²) in [6.45, 7) is 6.33. The van der Waals surface area contributed by atoms with Crippen molar-refractivity contribution in [2.45, 2.75) is 45.5 Å². The van der Waals surface area contributed by atoms with Crippen LogP contribution in [0.25, 0.3) is 11.1 Å². The third-order valence-corrected chi connectivity index (χ3v) is 6.56. The summed E-state index contributed by atoms with van der Waals surface area (Å²) in [7, 11) is 1.29. The van der Waals surface area contributed by atoms with E-state index in [0.717, 1.165) is 11.1 Å². The van der Waals surface area contributed by atoms with E-state index in [0.29, 0.717) is 29.8 Å². The molecule has 40 heavy (non-hydrogen) atoms. The molecule has 2 aromatic carbocycles. The highest BCUT2D eigenvalue weighted by atomic mass is 19.4. The van der Waals surface area contributed by atoms with Gasteiger partial charge in [-0.15, -0.1) is 0 Å². The standard InChI is InChI=1S/C28H27F7N4O/c1-6-37-24-21(13-36)23(20-12-19(29)8-7-15(20)2)22(14-38-24)39(5)25(40)26(3,4)16-9-17(27(30,31)32)11-18(10-16)28(33,34)35/h7-14,36H,6H2,1-5H3,(H,37,38). The molecule has 5 nitrogen and oxygen atoms in total. The average Bonchev–Trinajstić information content (AvgIpc) is 2.87. The molecular formula is C28H27F7N4O. The van der Waals surface area contributed by atoms with Crippen LogP contribution in [0.15, 0.2) is 42.6 Å². The van der Waals surface area contributed by atoms with Gasteiger partial charge in [-0.25, -0.2) is 9.37 Å². The van der Waals surface area contributed by atoms with Gasteiger partial charge in [0.05, 0.1) is 28.4 Å². The number of rotatable bonds is 7. The van der Waals surface area contributed by atoms with Crippen LogP contribution in [0.1, 0.15) is 48.6 Å². The van der Waals surface area contributed by atoms with Crippen molar-refractivity contribution < 1.29 is 35.5 Å². The fourth-order valence-corrected chi connectivity index (χ4v) is 4.33. The molecule has 12 heteroatoms. The van der Waals surface area contributed by atoms with E-state index in [1.165, 1.54) is 45.3 Å². The van der Waals surface area contributed by atoms with E-state index >= 15 is 0 Å². The minimum absolute atomic E-state index is 0.00165. The Morgan fingerprint density at radius 3 is 2.05 bits per heavy atom. The predicted octanol–water partition coefficient (Wildman–Crippen LogP) is 7.60. The second kappa shape index (κ2) is 10.9. The number of nitrogens with one attached hydrogen (secondary N) is 2. The fourth-order valence-electron chi connectivity index (χ4n) is 4.33. The Morgan fingerprint density at radius 1 is 1.00 bits per heavy atom. The lowest BCUT2D eigenvalue weighted by Gasteiger charge is -2.32. The van der Waals surface area contributed by atoms with Gasteiger partial charge in [-0.3, -0.25) is 4.79 Å². The first-order valence-electron chi connectivity index (χ1n) is 12.1. The fraction of sp³-hybridized carbons (Fsp3) is 0.321. The quantitative estimate of drug-likeness (QED) is 0.228. The van der Waals surface area contributed by atoms with Crippen molar-refractivity contribution in [3.05, 3.63) is 76.2 Å². The van der Waals surface area contributed by atoms with E-state index < -0.39 is 46.2 Å². The second-order valence-electron chi connectivity index (χ2n) is 9.70. The van der Waals surface area contributed by atoms with Gasteiger partial charge in [0.25, 0.3) is 0 Å². The lowest BCUT2D eigenvalue weighted by molar-refractivity contribution is -0.143. The number of aromatic nitrogens is 1. The van der Waals surface area contributed by atoms with Gasteiger partial charge >= 0.3 is 12.4 Å². The Bertz CT molecular complexity index is 1410. The number of halogens is 7. The van der Waals surface area contributed by atoms with Gasteiger partial charge in [-0.1, -0.05) is 6.07 Å². The first kappa shape index (κ1) is 30.6. The number of anilines is 2. The number of amides is 1. The summed E-state index contributed by atoms with van der Waals surface area (Å²) in [6.07, 6.45) is -7.92. The van der Waals surface area contributed by atoms with E-state index in [2.05, 4.69) is 10.3 Å². The van der Waals surface area contributed by atoms with Crippen molar-refractivity contribution in [1.29, 1.82) is 5.41 Å². The molecule has 0 aliphatic rings. The Balaban J connectivity index is 2.25. The summed E-state index contributed by atoms with van der Waals surface area (Å²) in [5.74, 6) is -1.18. The molecule has 0 spiro atoms. The Labute approximate surface area is 226 Å². The summed E-state index contributed by atoms with van der Waals surface area (Å²) in [5, 5.41) is 11.0. The maximum Gasteiger partial charge on any atom is 0.416 e. The van der Waals surface area contributed by atoms with Crippen LogP contribution in [0.2, 0.25) is 0 Å². The van der Waals surface area contributed by atoms with Crippen LogP contribution in [0, 0.1) is 18.2 Å². The van der Waals surface area contributed by atoms with E-state index in [-0.39, 0.29) is 28.7 Å². The van der Waals surface area contributed by atoms with Gasteiger partial charge in [-0.2, -0.15) is 26.3 Å². The number of pyridine rings is 1. The third-order valence-electron chi connectivity index (χ3n) is 6.56. The van der Waals surface area contributed by atoms with E-state index in [9.17, 15) is 35.5 Å². The summed E-state index contributed by atoms with van der Waals surface area (Å²) in [5.41, 5.74) is -4.02. The molecule has 0 bridgehead atoms. The summed E-state index contributed by atoms with van der Waals surface area (Å²) < 4.78 is 95.4. The van der Waals surface area contributed by atoms with Crippen molar-refractivity contribution in [2.24, 2.45) is 0 Å². The smallest absolute Gasteiger partial charge is 0.370 e. The molecule has 214 valence electrons. The molecule has 1 heterocycles. The average molecular weight is 569 g/mol. The molecule has 3 rings (SSSR count). The molecule has 0 fully saturated rings. The summed E-state index contributed by atoms with van der Waals surface area (Å²) >= 11 is 0. The highest BCUT2D eigenvalue weighted by Crippen LogP contribution is 2.42. The number of benzene rings is 2. The Hall–Kier alpha value is -3.96. The zero-order chi connectivity index (χ0) is 30.2. The molecule has 0 atom stereocenters. The van der Waals surface area contributed by atoms with Gasteiger partial charge in [0.15, 0.2) is 0 Å². The Kier molecular flexibility index (Phi) is 8.33. The molecule has 0 aliphatic heterocycles. The maximum atomic E-state index is 14.3. The molecule has 0 saturated carbocycles. The number of aryl methyl sites for hydroxylation is 1. The summed E-state index contributed by atoms with van der Waals surface area (Å²) in [6, 6.07) is 4.99. The molecule has 0 aliphatic carbocycles. The number of likely N-dealkylation sites (N-methyl/N-ethyl adjacent to an activating group) is 1. The van der Waals surface area contributed by atoms with E-state index in [1.54, 1.807) is 13.8 Å². The largest absolute Gasteiger partial charge is 0.416 e. The van der Waals surface area contributed by atoms with Gasteiger partial charge in [0, 0.05) is 30.9 Å². The summed E-state index contributed by atoms with van der Waals surface area (Å²) in [4.78, 5) is 19.1. The lowest BCUT2D eigenvalue weighted by Crippen LogP contribution is -2.42. The lowest BCUT2D eigenvalue weighted by atomic mass is 9.81. The topological polar surface area (TPSA) is 69.1 Å². The first-order valence-corrected chi connectivity index (χ1v) is 12.1. The minimum Gasteiger partial charge on any atom is -0.370 e. The van der Waals surface area contributed by atoms with Crippen LogP contribution in [-0.4, -0.2) is 30.7 Å². The number of carbonyl (C=O) groups excluding carboxylic acids is 1. The molecule has 0 unspecified atom stereocenters. The minimum atomic E-state index is -5.09. The van der Waals surface area contributed by atoms with Crippen molar-refractivity contribution in [3.8, 4) is 11.1 Å². The van der Waals surface area contributed by atoms with Crippen LogP contribution in [0.4, 0.5) is 42.2 Å². The molecule has 0 radical (unpaired) electrons. The van der Waals surface area contributed by atoms with Crippen LogP contribution in [0.3, 0.4) is 0 Å². The molecular weight excluding hydrogens is 541 g/mol. The number of alkyl halides is 6. The molecule has 3 aromatic rings. The zero-order valence-electron chi connectivity index (χ0n) is 22.3. The van der Waals surface area contributed by atoms with Crippen molar-refractivity contribution in [1.82, 2.24) is 4.98 Å². The number of hydrogen-bond donors (Lipinski definition) is 2. The molecule has 1 amide bonds. The van der Waals surface area contributed by atoms with Crippen LogP contribution >= 0.6 is 0 Å². The van der Waals surface area contributed by atoms with Crippen LogP contribution in [0.5, 0.6) is 0 Å². The predicted molar refractivity (Wildman–Crippen MR) is 139 cm³/mol. The monoisotopic (exact) mass is 568 g/mol. The van der Waals surface area contributed by atoms with Crippen LogP contribution in [-0.2, 0) is 22.6 Å². The van der Waals surface area contributed by atoms with Gasteiger partial charge < -0.3 is 15.6 Å². The van der Waals surface area contributed by atoms with E-state index in [4.69, 9.17) is 5.41 Å². The van der Waals surface area contributed by atoms with Crippen molar-refractivity contribution >= 4 is 23.6 Å². The van der Waals surface area contributed by atoms with Gasteiger partial charge in [-0.05, 0) is 74.7 Å². The number of carbonyl (C=O) groups is 1. The number of nitrogens with zero attached hydrogens (tertiary/aromatic N) is 2. The second-order valence-corrected chi connectivity index (χ2v) is 9.70. The third kappa shape index (κ3) is 5.95. The SMILES string of the molecule is CCNc1ncc(N(C)C(=O)C(C)(C)c2cc(C(F)(F)F)cc(C(F)(F)F)c2)c(-c2cc(F)ccc2C)c1C=N. The van der Waals surface area contributed by atoms with Crippen molar-refractivity contribution in [2.75, 3.05) is 23.8 Å². The van der Waals surface area contributed by atoms with Crippen LogP contribution < -0.4 is 10.2 Å². The van der Waals surface area contributed by atoms with Gasteiger partial charge in [0.2, 0.25) is 5.91 Å². The molecule has 1 aromatic heterocycles. The Morgan fingerprint density at radius 2 is 1.55 bits per heavy atom. The highest BCUT2D eigenvalue weighted by Gasteiger charge is 2.41. The normalized spacial score (nSPS) is 12.3. The first-order chi connectivity index (χ1) is 18.4. The highest BCUT2D eigenvalue weighted by molar-refractivity contribution is 6.07. The van der Waals surface area contributed by atoms with Crippen molar-refractivity contribution in [3.63, 3.8) is 0 Å². The number of hydrogen-bond acceptors (Lipinski definition) is 4. The zero-order valence-corrected chi connectivity index (χ0v) is 22.3. The maximum absolute atomic E-state index is 14.3. The molecule has 0 saturated heterocycles.